The van der Waals surface area contributed by atoms with Gasteiger partial charge in [-0.25, -0.2) is 9.18 Å². The molecular formula is C34H44BFN6O4. The predicted molar refractivity (Wildman–Crippen MR) is 176 cm³/mol. The number of carbonyl (C=O) groups is 3. The van der Waals surface area contributed by atoms with E-state index in [2.05, 4.69) is 27.8 Å². The van der Waals surface area contributed by atoms with Crippen LogP contribution in [0.25, 0.3) is 10.9 Å². The third kappa shape index (κ3) is 6.37. The molecule has 3 heterocycles. The standard InChI is InChI=1S/C34H44BFN6O4/c1-35(46)42-14-6-7-24(21-42)38-33(45)39-30(17-22-20-37-29-11-10-23(36)18-26(22)29)32(44)41-15-12-34(13-16-41)19-27(31(43)40(2)3)25-8-4-5-9-28(25)34/h4-5,8-11,18,20,24,27,30,37,46H,6-7,12-17,19,21H2,1-3H3,(H2,38,39,45)/t24?,27-,30?/m1/s1. The number of H-pyrrole nitrogens is 1. The molecule has 3 aliphatic rings. The van der Waals surface area contributed by atoms with Crippen LogP contribution < -0.4 is 10.6 Å². The first-order valence-electron chi connectivity index (χ1n) is 16.4. The van der Waals surface area contributed by atoms with E-state index in [1.807, 2.05) is 21.8 Å². The minimum atomic E-state index is -0.869. The fraction of sp³-hybridized carbons (Fsp3) is 0.500. The normalized spacial score (nSPS) is 21.5. The summed E-state index contributed by atoms with van der Waals surface area (Å²) in [7, 11) is 2.98. The highest BCUT2D eigenvalue weighted by atomic mass is 19.1. The van der Waals surface area contributed by atoms with E-state index in [4.69, 9.17) is 0 Å². The Morgan fingerprint density at radius 3 is 2.65 bits per heavy atom. The predicted octanol–water partition coefficient (Wildman–Crippen LogP) is 3.23. The minimum Gasteiger partial charge on any atom is -0.437 e. The Bertz CT molecular complexity index is 1600. The van der Waals surface area contributed by atoms with Crippen LogP contribution in [0.1, 0.15) is 54.7 Å². The van der Waals surface area contributed by atoms with Crippen molar-refractivity contribution in [3.8, 4) is 0 Å². The number of likely N-dealkylation sites (N-methyl/N-ethyl adjacent to an activating group) is 1. The highest BCUT2D eigenvalue weighted by Gasteiger charge is 2.48. The summed E-state index contributed by atoms with van der Waals surface area (Å²) in [6, 6.07) is 11.2. The smallest absolute Gasteiger partial charge is 0.376 e. The number of amides is 4. The molecule has 2 saturated heterocycles. The number of benzene rings is 2. The third-order valence-electron chi connectivity index (χ3n) is 10.3. The summed E-state index contributed by atoms with van der Waals surface area (Å²) in [5, 5.41) is 16.7. The molecule has 4 amide bonds. The molecule has 0 bridgehead atoms. The van der Waals surface area contributed by atoms with Crippen LogP contribution in [0, 0.1) is 5.82 Å². The zero-order chi connectivity index (χ0) is 32.6. The van der Waals surface area contributed by atoms with E-state index in [1.165, 1.54) is 17.7 Å². The van der Waals surface area contributed by atoms with Crippen molar-refractivity contribution in [2.75, 3.05) is 40.3 Å². The number of likely N-dealkylation sites (tertiary alicyclic amines) is 1. The number of piperidine rings is 2. The van der Waals surface area contributed by atoms with Gasteiger partial charge >= 0.3 is 13.1 Å². The van der Waals surface area contributed by atoms with Crippen molar-refractivity contribution in [2.24, 2.45) is 0 Å². The number of fused-ring (bicyclic) bond motifs is 3. The molecule has 1 spiro atoms. The number of rotatable bonds is 7. The lowest BCUT2D eigenvalue weighted by molar-refractivity contribution is -0.135. The van der Waals surface area contributed by atoms with E-state index >= 15 is 0 Å². The molecule has 244 valence electrons. The molecule has 46 heavy (non-hydrogen) atoms. The number of aromatic amines is 1. The Labute approximate surface area is 269 Å². The van der Waals surface area contributed by atoms with E-state index < -0.39 is 19.1 Å². The molecule has 12 heteroatoms. The first kappa shape index (κ1) is 32.1. The number of carbonyl (C=O) groups excluding carboxylic acids is 3. The molecule has 0 saturated carbocycles. The van der Waals surface area contributed by atoms with Crippen molar-refractivity contribution < 1.29 is 23.8 Å². The average molecular weight is 631 g/mol. The van der Waals surface area contributed by atoms with Crippen LogP contribution in [-0.4, -0.2) is 102 Å². The lowest BCUT2D eigenvalue weighted by atomic mass is 9.73. The third-order valence-corrected chi connectivity index (χ3v) is 10.3. The molecule has 3 atom stereocenters. The second-order valence-electron chi connectivity index (χ2n) is 13.5. The SMILES string of the molecule is CB(O)N1CCCC(NC(=O)NC(Cc2c[nH]c3ccc(F)cc23)C(=O)N2CCC3(CC2)C[C@@H](C(=O)N(C)C)c2ccccc23)C1. The molecule has 2 aliphatic heterocycles. The maximum Gasteiger partial charge on any atom is 0.376 e. The summed E-state index contributed by atoms with van der Waals surface area (Å²) in [4.78, 5) is 49.2. The molecule has 10 nitrogen and oxygen atoms in total. The summed E-state index contributed by atoms with van der Waals surface area (Å²) in [5.41, 5.74) is 3.61. The fourth-order valence-electron chi connectivity index (χ4n) is 7.86. The maximum absolute atomic E-state index is 14.2. The quantitative estimate of drug-likeness (QED) is 0.299. The van der Waals surface area contributed by atoms with Crippen LogP contribution in [0.3, 0.4) is 0 Å². The summed E-state index contributed by atoms with van der Waals surface area (Å²) in [6.45, 7) is 4.02. The van der Waals surface area contributed by atoms with Crippen molar-refractivity contribution >= 4 is 35.8 Å². The maximum atomic E-state index is 14.2. The van der Waals surface area contributed by atoms with E-state index in [9.17, 15) is 23.8 Å². The Hall–Kier alpha value is -3.90. The lowest BCUT2D eigenvalue weighted by Gasteiger charge is -2.41. The van der Waals surface area contributed by atoms with E-state index in [0.29, 0.717) is 25.0 Å². The van der Waals surface area contributed by atoms with E-state index in [1.54, 1.807) is 38.1 Å². The zero-order valence-corrected chi connectivity index (χ0v) is 26.9. The molecule has 4 N–H and O–H groups in total. The van der Waals surface area contributed by atoms with Crippen molar-refractivity contribution in [3.63, 3.8) is 0 Å². The molecular weight excluding hydrogens is 586 g/mol. The Kier molecular flexibility index (Phi) is 9.11. The highest BCUT2D eigenvalue weighted by Crippen LogP contribution is 2.52. The van der Waals surface area contributed by atoms with Gasteiger partial charge in [0.2, 0.25) is 11.8 Å². The number of aromatic nitrogens is 1. The van der Waals surface area contributed by atoms with Crippen molar-refractivity contribution in [1.29, 1.82) is 0 Å². The van der Waals surface area contributed by atoms with Crippen LogP contribution in [0.5, 0.6) is 0 Å². The van der Waals surface area contributed by atoms with Gasteiger partial charge in [-0.05, 0) is 80.4 Å². The summed E-state index contributed by atoms with van der Waals surface area (Å²) in [6.07, 6.45) is 5.77. The first-order chi connectivity index (χ1) is 22.0. The Morgan fingerprint density at radius 2 is 1.91 bits per heavy atom. The minimum absolute atomic E-state index is 0.0998. The number of halogens is 1. The number of nitrogens with zero attached hydrogens (tertiary/aromatic N) is 3. The van der Waals surface area contributed by atoms with Crippen LogP contribution in [0.2, 0.25) is 6.82 Å². The van der Waals surface area contributed by atoms with Crippen LogP contribution in [0.4, 0.5) is 9.18 Å². The molecule has 2 unspecified atom stereocenters. The number of urea groups is 1. The van der Waals surface area contributed by atoms with E-state index in [0.717, 1.165) is 55.3 Å². The molecule has 1 aliphatic carbocycles. The largest absolute Gasteiger partial charge is 0.437 e. The van der Waals surface area contributed by atoms with Gasteiger partial charge < -0.3 is 35.3 Å². The van der Waals surface area contributed by atoms with E-state index in [-0.39, 0.29) is 41.4 Å². The first-order valence-corrected chi connectivity index (χ1v) is 16.4. The molecule has 2 aromatic carbocycles. The van der Waals surface area contributed by atoms with Crippen molar-refractivity contribution in [3.05, 3.63) is 71.2 Å². The monoisotopic (exact) mass is 630 g/mol. The van der Waals surface area contributed by atoms with Gasteiger partial charge in [-0.1, -0.05) is 24.3 Å². The summed E-state index contributed by atoms with van der Waals surface area (Å²) in [5.74, 6) is -0.649. The van der Waals surface area contributed by atoms with Gasteiger partial charge in [0.05, 0.1) is 5.92 Å². The highest BCUT2D eigenvalue weighted by molar-refractivity contribution is 6.45. The van der Waals surface area contributed by atoms with Gasteiger partial charge in [-0.3, -0.25) is 9.59 Å². The summed E-state index contributed by atoms with van der Waals surface area (Å²) < 4.78 is 14.2. The van der Waals surface area contributed by atoms with Gasteiger partial charge in [-0.2, -0.15) is 0 Å². The van der Waals surface area contributed by atoms with Crippen LogP contribution in [0.15, 0.2) is 48.7 Å². The molecule has 3 aromatic rings. The topological polar surface area (TPSA) is 121 Å². The lowest BCUT2D eigenvalue weighted by Crippen LogP contribution is -2.58. The number of nitrogens with one attached hydrogen (secondary N) is 3. The molecule has 2 fully saturated rings. The fourth-order valence-corrected chi connectivity index (χ4v) is 7.86. The zero-order valence-electron chi connectivity index (χ0n) is 26.9. The van der Waals surface area contributed by atoms with Crippen molar-refractivity contribution in [2.45, 2.75) is 68.8 Å². The second-order valence-corrected chi connectivity index (χ2v) is 13.5. The molecule has 1 aromatic heterocycles. The van der Waals surface area contributed by atoms with Gasteiger partial charge in [0.15, 0.2) is 0 Å². The van der Waals surface area contributed by atoms with Crippen LogP contribution in [-0.2, 0) is 21.4 Å². The molecule has 6 rings (SSSR count). The average Bonchev–Trinajstić information content (AvgIpc) is 3.58. The number of hydrogen-bond acceptors (Lipinski definition) is 5. The van der Waals surface area contributed by atoms with Crippen LogP contribution >= 0.6 is 0 Å². The summed E-state index contributed by atoms with van der Waals surface area (Å²) >= 11 is 0. The van der Waals surface area contributed by atoms with Gasteiger partial charge in [-0.15, -0.1) is 0 Å². The molecule has 0 radical (unpaired) electrons. The van der Waals surface area contributed by atoms with Gasteiger partial charge in [0.1, 0.15) is 11.9 Å². The Balaban J connectivity index is 1.19. The Morgan fingerprint density at radius 1 is 1.15 bits per heavy atom. The van der Waals surface area contributed by atoms with Gasteiger partial charge in [0.25, 0.3) is 0 Å². The second kappa shape index (κ2) is 13.1. The van der Waals surface area contributed by atoms with Gasteiger partial charge in [0, 0.05) is 68.7 Å². The van der Waals surface area contributed by atoms with Crippen molar-refractivity contribution in [1.82, 2.24) is 30.2 Å². The number of hydrogen-bond donors (Lipinski definition) is 4.